The number of rotatable bonds is 4. The number of benzene rings is 1. The molecule has 154 valence electrons. The molecule has 0 radical (unpaired) electrons. The van der Waals surface area contributed by atoms with Crippen LogP contribution in [0, 0.1) is 0 Å². The topological polar surface area (TPSA) is 66.7 Å². The number of nitrogens with zero attached hydrogens (tertiary/aromatic N) is 3. The van der Waals surface area contributed by atoms with Gasteiger partial charge in [0.2, 0.25) is 5.43 Å². The molecule has 1 unspecified atom stereocenters. The Labute approximate surface area is 182 Å². The van der Waals surface area contributed by atoms with Gasteiger partial charge in [-0.05, 0) is 57.1 Å². The first-order valence-electron chi connectivity index (χ1n) is 10.1. The summed E-state index contributed by atoms with van der Waals surface area (Å²) in [5.41, 5.74) is 1.24. The smallest absolute Gasteiger partial charge is 0.258 e. The molecule has 1 fully saturated rings. The van der Waals surface area contributed by atoms with Crippen LogP contribution in [0.1, 0.15) is 29.6 Å². The lowest BCUT2D eigenvalue weighted by Gasteiger charge is -2.19. The van der Waals surface area contributed by atoms with Crippen molar-refractivity contribution in [3.63, 3.8) is 0 Å². The molecule has 1 saturated heterocycles. The maximum absolute atomic E-state index is 13.3. The van der Waals surface area contributed by atoms with Gasteiger partial charge in [0.15, 0.2) is 5.65 Å². The number of halogens is 1. The highest BCUT2D eigenvalue weighted by molar-refractivity contribution is 7.24. The van der Waals surface area contributed by atoms with Crippen LogP contribution in [0.5, 0.6) is 0 Å². The molecule has 1 aromatic carbocycles. The summed E-state index contributed by atoms with van der Waals surface area (Å²) >= 11 is 7.55. The van der Waals surface area contributed by atoms with E-state index in [-0.39, 0.29) is 16.9 Å². The van der Waals surface area contributed by atoms with E-state index in [2.05, 4.69) is 22.2 Å². The molecule has 0 bridgehead atoms. The van der Waals surface area contributed by atoms with Crippen LogP contribution in [0.2, 0.25) is 5.15 Å². The second-order valence-electron chi connectivity index (χ2n) is 7.74. The Balaban J connectivity index is 1.61. The number of hydrogen-bond donors (Lipinski definition) is 1. The summed E-state index contributed by atoms with van der Waals surface area (Å²) in [6.07, 6.45) is 3.22. The fraction of sp³-hybridized carbons (Fsp3) is 0.318. The Hall–Kier alpha value is -2.48. The van der Waals surface area contributed by atoms with Gasteiger partial charge in [0.1, 0.15) is 15.5 Å². The average molecular weight is 441 g/mol. The van der Waals surface area contributed by atoms with E-state index in [1.807, 2.05) is 28.7 Å². The van der Waals surface area contributed by atoms with E-state index in [0.29, 0.717) is 33.6 Å². The van der Waals surface area contributed by atoms with Gasteiger partial charge in [-0.2, -0.15) is 0 Å². The number of amides is 1. The molecular formula is C22H21ClN4O2S. The molecule has 1 atom stereocenters. The van der Waals surface area contributed by atoms with Gasteiger partial charge >= 0.3 is 0 Å². The van der Waals surface area contributed by atoms with Gasteiger partial charge in [-0.25, -0.2) is 4.98 Å². The summed E-state index contributed by atoms with van der Waals surface area (Å²) in [6, 6.07) is 11.5. The number of hydrogen-bond acceptors (Lipinski definition) is 5. The van der Waals surface area contributed by atoms with Crippen LogP contribution in [0.3, 0.4) is 0 Å². The summed E-state index contributed by atoms with van der Waals surface area (Å²) in [5.74, 6) is -0.332. The van der Waals surface area contributed by atoms with Gasteiger partial charge in [0.25, 0.3) is 5.91 Å². The number of fused-ring (bicyclic) bond motifs is 5. The van der Waals surface area contributed by atoms with Gasteiger partial charge in [0.05, 0.1) is 15.6 Å². The molecule has 6 nitrogen and oxygen atoms in total. The lowest BCUT2D eigenvalue weighted by molar-refractivity contribution is 0.0951. The predicted octanol–water partition coefficient (Wildman–Crippen LogP) is 3.93. The lowest BCUT2D eigenvalue weighted by Crippen LogP contribution is -2.34. The van der Waals surface area contributed by atoms with Crippen molar-refractivity contribution in [2.75, 3.05) is 20.1 Å². The molecule has 4 aromatic rings. The van der Waals surface area contributed by atoms with Crippen LogP contribution >= 0.6 is 22.9 Å². The van der Waals surface area contributed by atoms with Crippen molar-refractivity contribution in [1.29, 1.82) is 0 Å². The monoisotopic (exact) mass is 440 g/mol. The summed E-state index contributed by atoms with van der Waals surface area (Å²) in [5, 5.41) is 3.68. The molecule has 30 heavy (non-hydrogen) atoms. The van der Waals surface area contributed by atoms with Crippen molar-refractivity contribution in [3.8, 4) is 0 Å². The fourth-order valence-corrected chi connectivity index (χ4v) is 5.68. The first-order chi connectivity index (χ1) is 14.5. The molecule has 4 heterocycles. The zero-order valence-corrected chi connectivity index (χ0v) is 18.1. The molecule has 0 saturated carbocycles. The van der Waals surface area contributed by atoms with Crippen molar-refractivity contribution in [3.05, 3.63) is 57.3 Å². The molecule has 0 aliphatic carbocycles. The van der Waals surface area contributed by atoms with Crippen molar-refractivity contribution in [1.82, 2.24) is 19.6 Å². The molecule has 1 amide bonds. The number of carbonyl (C=O) groups is 1. The number of thiazole rings is 1. The van der Waals surface area contributed by atoms with Crippen molar-refractivity contribution >= 4 is 54.9 Å². The van der Waals surface area contributed by atoms with Crippen molar-refractivity contribution < 1.29 is 4.79 Å². The van der Waals surface area contributed by atoms with E-state index in [9.17, 15) is 9.59 Å². The Bertz CT molecular complexity index is 1350. The SMILES string of the molecule is CN1CCCC1CCNC(=O)c1c(=O)c2ccc(Cl)nc2n2c1sc1ccccc12. The first kappa shape index (κ1) is 19.5. The molecule has 0 spiro atoms. The van der Waals surface area contributed by atoms with Gasteiger partial charge in [-0.15, -0.1) is 11.3 Å². The van der Waals surface area contributed by atoms with E-state index in [1.165, 1.54) is 17.8 Å². The molecule has 1 aliphatic heterocycles. The minimum absolute atomic E-state index is 0.174. The van der Waals surface area contributed by atoms with Gasteiger partial charge in [0, 0.05) is 12.6 Å². The third kappa shape index (κ3) is 3.17. The standard InChI is InChI=1S/C22H21ClN4O2S/c1-26-12-4-5-13(26)10-11-24-21(29)18-19(28)14-8-9-17(23)25-20(14)27-15-6-2-3-7-16(15)30-22(18)27/h2-3,6-9,13H,4-5,10-12H2,1H3,(H,24,29). The number of para-hydroxylation sites is 1. The number of carbonyl (C=O) groups excluding carboxylic acids is 1. The van der Waals surface area contributed by atoms with Gasteiger partial charge < -0.3 is 10.2 Å². The second-order valence-corrected chi connectivity index (χ2v) is 9.16. The largest absolute Gasteiger partial charge is 0.352 e. The van der Waals surface area contributed by atoms with Gasteiger partial charge in [-0.1, -0.05) is 23.7 Å². The van der Waals surface area contributed by atoms with Gasteiger partial charge in [-0.3, -0.25) is 14.0 Å². The molecule has 1 N–H and O–H groups in total. The average Bonchev–Trinajstić information content (AvgIpc) is 3.31. The Kier molecular flexibility index (Phi) is 4.97. The van der Waals surface area contributed by atoms with E-state index in [1.54, 1.807) is 12.1 Å². The minimum Gasteiger partial charge on any atom is -0.352 e. The zero-order valence-electron chi connectivity index (χ0n) is 16.5. The molecular weight excluding hydrogens is 420 g/mol. The Morgan fingerprint density at radius 1 is 1.30 bits per heavy atom. The van der Waals surface area contributed by atoms with E-state index < -0.39 is 0 Å². The molecule has 3 aromatic heterocycles. The van der Waals surface area contributed by atoms with Crippen LogP contribution in [-0.4, -0.2) is 46.4 Å². The summed E-state index contributed by atoms with van der Waals surface area (Å²) < 4.78 is 2.86. The number of aromatic nitrogens is 2. The fourth-order valence-electron chi connectivity index (χ4n) is 4.35. The lowest BCUT2D eigenvalue weighted by atomic mass is 10.1. The van der Waals surface area contributed by atoms with E-state index in [4.69, 9.17) is 11.6 Å². The van der Waals surface area contributed by atoms with Crippen LogP contribution in [-0.2, 0) is 0 Å². The maximum Gasteiger partial charge on any atom is 0.258 e. The molecule has 8 heteroatoms. The predicted molar refractivity (Wildman–Crippen MR) is 122 cm³/mol. The maximum atomic E-state index is 13.3. The zero-order chi connectivity index (χ0) is 20.8. The van der Waals surface area contributed by atoms with E-state index in [0.717, 1.165) is 29.6 Å². The van der Waals surface area contributed by atoms with Crippen molar-refractivity contribution in [2.24, 2.45) is 0 Å². The number of nitrogens with one attached hydrogen (secondary N) is 1. The minimum atomic E-state index is -0.332. The van der Waals surface area contributed by atoms with Crippen LogP contribution in [0.15, 0.2) is 41.2 Å². The third-order valence-corrected chi connectivity index (χ3v) is 7.27. The summed E-state index contributed by atoms with van der Waals surface area (Å²) in [7, 11) is 2.12. The first-order valence-corrected chi connectivity index (χ1v) is 11.2. The summed E-state index contributed by atoms with van der Waals surface area (Å²) in [6.45, 7) is 1.64. The van der Waals surface area contributed by atoms with Crippen molar-refractivity contribution in [2.45, 2.75) is 25.3 Å². The number of pyridine rings is 2. The number of likely N-dealkylation sites (tertiary alicyclic amines) is 1. The van der Waals surface area contributed by atoms with Crippen LogP contribution < -0.4 is 10.7 Å². The molecule has 1 aliphatic rings. The normalized spacial score (nSPS) is 17.3. The van der Waals surface area contributed by atoms with Crippen LogP contribution in [0.25, 0.3) is 26.1 Å². The summed E-state index contributed by atoms with van der Waals surface area (Å²) in [4.78, 5) is 33.8. The Morgan fingerprint density at radius 3 is 2.93 bits per heavy atom. The quantitative estimate of drug-likeness (QED) is 0.488. The second kappa shape index (κ2) is 7.65. The highest BCUT2D eigenvalue weighted by Gasteiger charge is 2.24. The third-order valence-electron chi connectivity index (χ3n) is 5.92. The highest BCUT2D eigenvalue weighted by Crippen LogP contribution is 2.31. The highest BCUT2D eigenvalue weighted by atomic mass is 35.5. The molecule has 5 rings (SSSR count). The van der Waals surface area contributed by atoms with Crippen LogP contribution in [0.4, 0.5) is 0 Å². The Morgan fingerprint density at radius 2 is 2.13 bits per heavy atom. The van der Waals surface area contributed by atoms with E-state index >= 15 is 0 Å².